The predicted molar refractivity (Wildman–Crippen MR) is 102 cm³/mol. The van der Waals surface area contributed by atoms with Crippen LogP contribution in [0, 0.1) is 0 Å². The van der Waals surface area contributed by atoms with Gasteiger partial charge in [-0.2, -0.15) is 4.98 Å². The lowest BCUT2D eigenvalue weighted by molar-refractivity contribution is 0.324. The topological polar surface area (TPSA) is 94.8 Å². The van der Waals surface area contributed by atoms with E-state index < -0.39 is 0 Å². The summed E-state index contributed by atoms with van der Waals surface area (Å²) in [6, 6.07) is 3.79. The summed E-state index contributed by atoms with van der Waals surface area (Å²) in [6.45, 7) is 1.63. The average molecular weight is 361 g/mol. The minimum absolute atomic E-state index is 0.445. The van der Waals surface area contributed by atoms with Gasteiger partial charge in [0.1, 0.15) is 5.82 Å². The summed E-state index contributed by atoms with van der Waals surface area (Å²) in [4.78, 5) is 10.8. The van der Waals surface area contributed by atoms with Crippen molar-refractivity contribution < 1.29 is 14.2 Å². The molecule has 3 N–H and O–H groups in total. The van der Waals surface area contributed by atoms with Crippen LogP contribution in [0.4, 0.5) is 11.8 Å². The molecule has 0 unspecified atom stereocenters. The van der Waals surface area contributed by atoms with E-state index in [1.165, 1.54) is 0 Å². The molecule has 1 aromatic carbocycles. The van der Waals surface area contributed by atoms with E-state index in [1.807, 2.05) is 26.2 Å². The van der Waals surface area contributed by atoms with Crippen LogP contribution in [-0.2, 0) is 6.42 Å². The van der Waals surface area contributed by atoms with Crippen LogP contribution in [0.15, 0.2) is 18.3 Å². The fourth-order valence-corrected chi connectivity index (χ4v) is 2.49. The lowest BCUT2D eigenvalue weighted by Crippen LogP contribution is -2.21. The number of anilines is 2. The van der Waals surface area contributed by atoms with E-state index in [0.717, 1.165) is 24.2 Å². The number of likely N-dealkylation sites (N-methyl/N-ethyl adjacent to an activating group) is 1. The number of rotatable bonds is 9. The Morgan fingerprint density at radius 3 is 2.23 bits per heavy atom. The molecule has 0 aliphatic heterocycles. The normalized spacial score (nSPS) is 10.7. The van der Waals surface area contributed by atoms with Crippen LogP contribution in [0.2, 0.25) is 0 Å². The number of nitrogen functional groups attached to an aromatic ring is 1. The van der Waals surface area contributed by atoms with Crippen LogP contribution < -0.4 is 25.3 Å². The molecule has 8 nitrogen and oxygen atoms in total. The second-order valence-corrected chi connectivity index (χ2v) is 6.04. The molecule has 0 saturated heterocycles. The molecule has 1 aromatic heterocycles. The molecule has 26 heavy (non-hydrogen) atoms. The minimum Gasteiger partial charge on any atom is -0.493 e. The van der Waals surface area contributed by atoms with Gasteiger partial charge in [0, 0.05) is 31.3 Å². The average Bonchev–Trinajstić information content (AvgIpc) is 2.62. The van der Waals surface area contributed by atoms with Gasteiger partial charge in [-0.1, -0.05) is 0 Å². The van der Waals surface area contributed by atoms with Crippen molar-refractivity contribution in [3.8, 4) is 17.2 Å². The molecule has 0 radical (unpaired) electrons. The summed E-state index contributed by atoms with van der Waals surface area (Å²) in [5.74, 6) is 2.73. The van der Waals surface area contributed by atoms with E-state index in [4.69, 9.17) is 19.9 Å². The molecule has 0 atom stereocenters. The number of methoxy groups -OCH3 is 3. The fourth-order valence-electron chi connectivity index (χ4n) is 2.49. The largest absolute Gasteiger partial charge is 0.493 e. The third-order valence-electron chi connectivity index (χ3n) is 3.86. The highest BCUT2D eigenvalue weighted by atomic mass is 16.5. The zero-order valence-corrected chi connectivity index (χ0v) is 16.0. The smallest absolute Gasteiger partial charge is 0.224 e. The number of benzene rings is 1. The van der Waals surface area contributed by atoms with Crippen LogP contribution in [0.3, 0.4) is 0 Å². The van der Waals surface area contributed by atoms with Crippen molar-refractivity contribution in [2.75, 3.05) is 59.6 Å². The molecule has 0 spiro atoms. The predicted octanol–water partition coefficient (Wildman–Crippen LogP) is 1.65. The van der Waals surface area contributed by atoms with Crippen molar-refractivity contribution in [1.29, 1.82) is 0 Å². The number of hydrogen-bond donors (Lipinski definition) is 2. The molecular formula is C18H27N5O3. The number of nitrogens with two attached hydrogens (primary N) is 1. The first-order valence-corrected chi connectivity index (χ1v) is 8.27. The standard InChI is InChI=1S/C18H27N5O3/c1-23(2)7-6-20-18-21-11-13(17(19)22-18)8-12-9-14(24-3)16(26-5)15(10-12)25-4/h9-11H,6-8H2,1-5H3,(H3,19,20,21,22). The molecule has 0 aliphatic carbocycles. The lowest BCUT2D eigenvalue weighted by Gasteiger charge is -2.15. The molecular weight excluding hydrogens is 334 g/mol. The van der Waals surface area contributed by atoms with E-state index in [0.29, 0.717) is 35.4 Å². The first-order valence-electron chi connectivity index (χ1n) is 8.27. The van der Waals surface area contributed by atoms with Gasteiger partial charge in [0.2, 0.25) is 11.7 Å². The van der Waals surface area contributed by atoms with Crippen molar-refractivity contribution in [3.05, 3.63) is 29.5 Å². The van der Waals surface area contributed by atoms with Crippen molar-refractivity contribution in [3.63, 3.8) is 0 Å². The zero-order valence-electron chi connectivity index (χ0n) is 16.0. The number of ether oxygens (including phenoxy) is 3. The molecule has 2 aromatic rings. The van der Waals surface area contributed by atoms with Crippen LogP contribution in [-0.4, -0.2) is 63.4 Å². The number of aromatic nitrogens is 2. The van der Waals surface area contributed by atoms with Gasteiger partial charge in [0.25, 0.3) is 0 Å². The van der Waals surface area contributed by atoms with Gasteiger partial charge in [-0.05, 0) is 31.8 Å². The summed E-state index contributed by atoms with van der Waals surface area (Å²) < 4.78 is 16.1. The van der Waals surface area contributed by atoms with Gasteiger partial charge >= 0.3 is 0 Å². The highest BCUT2D eigenvalue weighted by Crippen LogP contribution is 2.38. The van der Waals surface area contributed by atoms with Gasteiger partial charge in [0.05, 0.1) is 21.3 Å². The Kier molecular flexibility index (Phi) is 6.85. The molecule has 142 valence electrons. The lowest BCUT2D eigenvalue weighted by atomic mass is 10.1. The van der Waals surface area contributed by atoms with Gasteiger partial charge in [0.15, 0.2) is 11.5 Å². The van der Waals surface area contributed by atoms with E-state index >= 15 is 0 Å². The Bertz CT molecular complexity index is 712. The fraction of sp³-hybridized carbons (Fsp3) is 0.444. The van der Waals surface area contributed by atoms with E-state index in [2.05, 4.69) is 20.2 Å². The second-order valence-electron chi connectivity index (χ2n) is 6.04. The quantitative estimate of drug-likeness (QED) is 0.696. The summed E-state index contributed by atoms with van der Waals surface area (Å²) in [7, 11) is 8.78. The molecule has 0 amide bonds. The van der Waals surface area contributed by atoms with Crippen molar-refractivity contribution in [1.82, 2.24) is 14.9 Å². The number of nitrogens with one attached hydrogen (secondary N) is 1. The van der Waals surface area contributed by atoms with Gasteiger partial charge < -0.3 is 30.2 Å². The molecule has 2 rings (SSSR count). The zero-order chi connectivity index (χ0) is 19.1. The Balaban J connectivity index is 2.18. The SMILES string of the molecule is COc1cc(Cc2cnc(NCCN(C)C)nc2N)cc(OC)c1OC. The summed E-state index contributed by atoms with van der Waals surface area (Å²) in [6.07, 6.45) is 2.30. The third kappa shape index (κ3) is 4.89. The van der Waals surface area contributed by atoms with Crippen molar-refractivity contribution in [2.24, 2.45) is 0 Å². The maximum absolute atomic E-state index is 6.11. The molecule has 0 bridgehead atoms. The Morgan fingerprint density at radius 2 is 1.73 bits per heavy atom. The monoisotopic (exact) mass is 361 g/mol. The Hall–Kier alpha value is -2.74. The second kappa shape index (κ2) is 9.10. The van der Waals surface area contributed by atoms with Crippen LogP contribution >= 0.6 is 0 Å². The van der Waals surface area contributed by atoms with Crippen LogP contribution in [0.5, 0.6) is 17.2 Å². The maximum Gasteiger partial charge on any atom is 0.224 e. The Morgan fingerprint density at radius 1 is 1.08 bits per heavy atom. The summed E-state index contributed by atoms with van der Waals surface area (Å²) >= 11 is 0. The van der Waals surface area contributed by atoms with Crippen molar-refractivity contribution >= 4 is 11.8 Å². The first kappa shape index (κ1) is 19.6. The molecule has 0 aliphatic rings. The van der Waals surface area contributed by atoms with E-state index in [9.17, 15) is 0 Å². The molecule has 0 saturated carbocycles. The number of nitrogens with zero attached hydrogens (tertiary/aromatic N) is 3. The van der Waals surface area contributed by atoms with E-state index in [-0.39, 0.29) is 0 Å². The summed E-state index contributed by atoms with van der Waals surface area (Å²) in [5, 5.41) is 3.16. The molecule has 8 heteroatoms. The summed E-state index contributed by atoms with van der Waals surface area (Å²) in [5.41, 5.74) is 7.90. The van der Waals surface area contributed by atoms with Gasteiger partial charge in [-0.25, -0.2) is 4.98 Å². The third-order valence-corrected chi connectivity index (χ3v) is 3.86. The van der Waals surface area contributed by atoms with Crippen LogP contribution in [0.1, 0.15) is 11.1 Å². The molecule has 1 heterocycles. The highest BCUT2D eigenvalue weighted by molar-refractivity contribution is 5.55. The number of hydrogen-bond acceptors (Lipinski definition) is 8. The maximum atomic E-state index is 6.11. The van der Waals surface area contributed by atoms with Crippen molar-refractivity contribution in [2.45, 2.75) is 6.42 Å². The van der Waals surface area contributed by atoms with Gasteiger partial charge in [-0.3, -0.25) is 0 Å². The Labute approximate surface area is 154 Å². The first-order chi connectivity index (χ1) is 12.5. The van der Waals surface area contributed by atoms with E-state index in [1.54, 1.807) is 27.5 Å². The molecule has 0 fully saturated rings. The minimum atomic E-state index is 0.445. The van der Waals surface area contributed by atoms with Crippen LogP contribution in [0.25, 0.3) is 0 Å². The van der Waals surface area contributed by atoms with Gasteiger partial charge in [-0.15, -0.1) is 0 Å². The highest BCUT2D eigenvalue weighted by Gasteiger charge is 2.14.